The Morgan fingerprint density at radius 2 is 1.90 bits per heavy atom. The molecule has 0 spiro atoms. The predicted molar refractivity (Wildman–Crippen MR) is 122 cm³/mol. The van der Waals surface area contributed by atoms with Crippen LogP contribution in [-0.2, 0) is 16.1 Å². The Hall–Kier alpha value is -2.67. The van der Waals surface area contributed by atoms with Crippen LogP contribution in [0.15, 0.2) is 66.0 Å². The lowest BCUT2D eigenvalue weighted by atomic mass is 9.81. The monoisotopic (exact) mass is 454 g/mol. The van der Waals surface area contributed by atoms with Gasteiger partial charge in [-0.25, -0.2) is 0 Å². The third-order valence-corrected chi connectivity index (χ3v) is 6.67. The van der Waals surface area contributed by atoms with Gasteiger partial charge in [0, 0.05) is 35.7 Å². The van der Waals surface area contributed by atoms with Crippen molar-refractivity contribution in [2.45, 2.75) is 18.5 Å². The van der Waals surface area contributed by atoms with Crippen LogP contribution in [0.25, 0.3) is 0 Å². The molecule has 1 N–H and O–H groups in total. The van der Waals surface area contributed by atoms with Crippen LogP contribution in [0.5, 0.6) is 0 Å². The molecule has 7 heteroatoms. The molecule has 0 saturated carbocycles. The van der Waals surface area contributed by atoms with Gasteiger partial charge in [-0.15, -0.1) is 11.3 Å². The van der Waals surface area contributed by atoms with Crippen molar-refractivity contribution in [1.82, 2.24) is 10.2 Å². The Labute approximate surface area is 190 Å². The lowest BCUT2D eigenvalue weighted by Crippen LogP contribution is -2.48. The molecule has 2 heterocycles. The molecule has 0 bridgehead atoms. The minimum absolute atomic E-state index is 0.0761. The van der Waals surface area contributed by atoms with E-state index in [-0.39, 0.29) is 17.9 Å². The van der Waals surface area contributed by atoms with Crippen LogP contribution in [0, 0.1) is 0 Å². The Morgan fingerprint density at radius 1 is 1.13 bits per heavy atom. The maximum atomic E-state index is 13.5. The predicted octanol–water partition coefficient (Wildman–Crippen LogP) is 4.65. The summed E-state index contributed by atoms with van der Waals surface area (Å²) in [4.78, 5) is 29.6. The highest BCUT2D eigenvalue weighted by Gasteiger charge is 2.44. The first-order valence-electron chi connectivity index (χ1n) is 10.0. The molecular formula is C24H23ClN2O3S. The number of hydrogen-bond donors (Lipinski definition) is 1. The van der Waals surface area contributed by atoms with Crippen molar-refractivity contribution in [1.29, 1.82) is 0 Å². The summed E-state index contributed by atoms with van der Waals surface area (Å²) in [7, 11) is 1.61. The molecule has 0 saturated heterocycles. The van der Waals surface area contributed by atoms with Crippen LogP contribution in [0.3, 0.4) is 0 Å². The number of hydrogen-bond acceptors (Lipinski definition) is 4. The zero-order valence-electron chi connectivity index (χ0n) is 17.1. The fourth-order valence-electron chi connectivity index (χ4n) is 3.99. The number of methoxy groups -OCH3 is 1. The van der Waals surface area contributed by atoms with E-state index >= 15 is 0 Å². The van der Waals surface area contributed by atoms with E-state index in [1.54, 1.807) is 41.5 Å². The van der Waals surface area contributed by atoms with Gasteiger partial charge < -0.3 is 15.0 Å². The fourth-order valence-corrected chi connectivity index (χ4v) is 4.99. The Balaban J connectivity index is 1.70. The molecule has 3 aromatic rings. The highest BCUT2D eigenvalue weighted by molar-refractivity contribution is 7.10. The van der Waals surface area contributed by atoms with Crippen LogP contribution in [0.4, 0.5) is 0 Å². The highest BCUT2D eigenvalue weighted by atomic mass is 35.5. The molecule has 160 valence electrons. The van der Waals surface area contributed by atoms with E-state index in [1.807, 2.05) is 47.8 Å². The van der Waals surface area contributed by atoms with Crippen molar-refractivity contribution >= 4 is 34.8 Å². The maximum absolute atomic E-state index is 13.5. The van der Waals surface area contributed by atoms with E-state index < -0.39 is 5.92 Å². The van der Waals surface area contributed by atoms with Crippen LogP contribution < -0.4 is 5.32 Å². The minimum Gasteiger partial charge on any atom is -0.383 e. The Kier molecular flexibility index (Phi) is 6.70. The standard InChI is InChI=1S/C24H23ClN2O3S/c1-30-13-12-27-22(20-7-4-14-31-20)21(18-5-2-3-6-19(18)24(27)29)23(28)26-15-16-8-10-17(25)11-9-16/h2-11,14,21-22H,12-13,15H2,1H3,(H,26,28). The third kappa shape index (κ3) is 4.51. The zero-order chi connectivity index (χ0) is 21.8. The van der Waals surface area contributed by atoms with Gasteiger partial charge in [0.15, 0.2) is 0 Å². The molecule has 0 aliphatic carbocycles. The number of nitrogens with zero attached hydrogens (tertiary/aromatic N) is 1. The summed E-state index contributed by atoms with van der Waals surface area (Å²) in [5, 5.41) is 5.69. The van der Waals surface area contributed by atoms with Crippen molar-refractivity contribution in [2.24, 2.45) is 0 Å². The molecule has 0 fully saturated rings. The van der Waals surface area contributed by atoms with Gasteiger partial charge in [-0.05, 0) is 40.8 Å². The molecule has 2 atom stereocenters. The number of amides is 2. The number of benzene rings is 2. The summed E-state index contributed by atoms with van der Waals surface area (Å²) in [6.45, 7) is 1.19. The topological polar surface area (TPSA) is 58.6 Å². The molecular weight excluding hydrogens is 432 g/mol. The Bertz CT molecular complexity index is 1050. The zero-order valence-corrected chi connectivity index (χ0v) is 18.7. The molecule has 4 rings (SSSR count). The van der Waals surface area contributed by atoms with E-state index in [1.165, 1.54) is 0 Å². The summed E-state index contributed by atoms with van der Waals surface area (Å²) < 4.78 is 5.26. The van der Waals surface area contributed by atoms with Crippen molar-refractivity contribution in [3.63, 3.8) is 0 Å². The SMILES string of the molecule is COCCN1C(=O)c2ccccc2C(C(=O)NCc2ccc(Cl)cc2)C1c1cccs1. The second-order valence-corrected chi connectivity index (χ2v) is 8.78. The number of halogens is 1. The van der Waals surface area contributed by atoms with Crippen molar-refractivity contribution in [3.8, 4) is 0 Å². The number of carbonyl (C=O) groups excluding carboxylic acids is 2. The van der Waals surface area contributed by atoms with Crippen LogP contribution in [0.2, 0.25) is 5.02 Å². The Morgan fingerprint density at radius 3 is 2.61 bits per heavy atom. The lowest BCUT2D eigenvalue weighted by molar-refractivity contribution is -0.124. The van der Waals surface area contributed by atoms with E-state index in [9.17, 15) is 9.59 Å². The summed E-state index contributed by atoms with van der Waals surface area (Å²) >= 11 is 7.52. The largest absolute Gasteiger partial charge is 0.383 e. The molecule has 0 radical (unpaired) electrons. The van der Waals surface area contributed by atoms with E-state index in [0.29, 0.717) is 30.3 Å². The summed E-state index contributed by atoms with van der Waals surface area (Å²) in [6, 6.07) is 18.3. The number of carbonyl (C=O) groups is 2. The average molecular weight is 455 g/mol. The molecule has 2 unspecified atom stereocenters. The first-order valence-corrected chi connectivity index (χ1v) is 11.3. The van der Waals surface area contributed by atoms with Crippen LogP contribution in [-0.4, -0.2) is 37.0 Å². The average Bonchev–Trinajstić information content (AvgIpc) is 3.32. The number of fused-ring (bicyclic) bond motifs is 1. The first-order chi connectivity index (χ1) is 15.1. The number of thiophene rings is 1. The maximum Gasteiger partial charge on any atom is 0.254 e. The van der Waals surface area contributed by atoms with Gasteiger partial charge >= 0.3 is 0 Å². The molecule has 1 aliphatic heterocycles. The van der Waals surface area contributed by atoms with E-state index in [0.717, 1.165) is 16.0 Å². The van der Waals surface area contributed by atoms with Crippen molar-refractivity contribution in [3.05, 3.63) is 92.6 Å². The second kappa shape index (κ2) is 9.64. The van der Waals surface area contributed by atoms with Gasteiger partial charge in [0.2, 0.25) is 5.91 Å². The minimum atomic E-state index is -0.517. The third-order valence-electron chi connectivity index (χ3n) is 5.47. The van der Waals surface area contributed by atoms with E-state index in [4.69, 9.17) is 16.3 Å². The summed E-state index contributed by atoms with van der Waals surface area (Å²) in [5.74, 6) is -0.708. The van der Waals surface area contributed by atoms with Gasteiger partial charge in [-0.3, -0.25) is 9.59 Å². The molecule has 31 heavy (non-hydrogen) atoms. The first kappa shape index (κ1) is 21.6. The van der Waals surface area contributed by atoms with Gasteiger partial charge in [0.25, 0.3) is 5.91 Å². The number of ether oxygens (including phenoxy) is 1. The number of nitrogens with one attached hydrogen (secondary N) is 1. The smallest absolute Gasteiger partial charge is 0.254 e. The normalized spacial score (nSPS) is 18.0. The fraction of sp³-hybridized carbons (Fsp3) is 0.250. The molecule has 1 aliphatic rings. The lowest BCUT2D eigenvalue weighted by Gasteiger charge is -2.41. The van der Waals surface area contributed by atoms with Crippen molar-refractivity contribution < 1.29 is 14.3 Å². The van der Waals surface area contributed by atoms with E-state index in [2.05, 4.69) is 5.32 Å². The van der Waals surface area contributed by atoms with Gasteiger partial charge in [0.05, 0.1) is 18.6 Å². The second-order valence-electron chi connectivity index (χ2n) is 7.36. The molecule has 2 amide bonds. The quantitative estimate of drug-likeness (QED) is 0.565. The van der Waals surface area contributed by atoms with Crippen molar-refractivity contribution in [2.75, 3.05) is 20.3 Å². The highest BCUT2D eigenvalue weighted by Crippen LogP contribution is 2.44. The molecule has 5 nitrogen and oxygen atoms in total. The number of rotatable bonds is 7. The van der Waals surface area contributed by atoms with Crippen LogP contribution in [0.1, 0.15) is 38.3 Å². The summed E-state index contributed by atoms with van der Waals surface area (Å²) in [5.41, 5.74) is 2.29. The molecule has 2 aromatic carbocycles. The van der Waals surface area contributed by atoms with Crippen LogP contribution >= 0.6 is 22.9 Å². The summed E-state index contributed by atoms with van der Waals surface area (Å²) in [6.07, 6.45) is 0. The van der Waals surface area contributed by atoms with Gasteiger partial charge in [0.1, 0.15) is 0 Å². The molecule has 1 aromatic heterocycles. The van der Waals surface area contributed by atoms with Gasteiger partial charge in [-0.2, -0.15) is 0 Å². The van der Waals surface area contributed by atoms with Gasteiger partial charge in [-0.1, -0.05) is 48.0 Å².